The third-order valence-electron chi connectivity index (χ3n) is 3.44. The highest BCUT2D eigenvalue weighted by molar-refractivity contribution is 7.09. The largest absolute Gasteiger partial charge is 0.476 e. The van der Waals surface area contributed by atoms with E-state index in [0.29, 0.717) is 5.01 Å². The first-order chi connectivity index (χ1) is 9.54. The molecule has 2 rings (SSSR count). The smallest absolute Gasteiger partial charge is 0.355 e. The molecule has 1 aromatic heterocycles. The zero-order valence-corrected chi connectivity index (χ0v) is 12.2. The molecule has 0 spiro atoms. The number of nitrogens with one attached hydrogen (secondary N) is 1. The first-order valence-electron chi connectivity index (χ1n) is 6.69. The van der Waals surface area contributed by atoms with E-state index >= 15 is 0 Å². The normalized spacial score (nSPS) is 18.6. The van der Waals surface area contributed by atoms with Crippen LogP contribution in [-0.4, -0.2) is 22.0 Å². The number of thiazole rings is 1. The Labute approximate surface area is 121 Å². The van der Waals surface area contributed by atoms with Crippen molar-refractivity contribution in [2.75, 3.05) is 0 Å². The van der Waals surface area contributed by atoms with Gasteiger partial charge in [0.05, 0.1) is 6.54 Å². The Bertz CT molecular complexity index is 526. The number of carboxylic acid groups (broad SMARTS) is 1. The van der Waals surface area contributed by atoms with Gasteiger partial charge in [-0.15, -0.1) is 11.3 Å². The van der Waals surface area contributed by atoms with Crippen molar-refractivity contribution in [2.45, 2.75) is 39.2 Å². The topological polar surface area (TPSA) is 79.3 Å². The molecule has 20 heavy (non-hydrogen) atoms. The maximum Gasteiger partial charge on any atom is 0.355 e. The maximum absolute atomic E-state index is 11.8. The van der Waals surface area contributed by atoms with E-state index in [4.69, 9.17) is 5.11 Å². The molecular formula is C14H18N2O3S. The fourth-order valence-corrected chi connectivity index (χ4v) is 2.87. The summed E-state index contributed by atoms with van der Waals surface area (Å²) in [5, 5.41) is 13.6. The van der Waals surface area contributed by atoms with Crippen LogP contribution < -0.4 is 5.32 Å². The van der Waals surface area contributed by atoms with Gasteiger partial charge in [-0.3, -0.25) is 4.79 Å². The van der Waals surface area contributed by atoms with Crippen LogP contribution in [0.3, 0.4) is 0 Å². The number of rotatable bonds is 4. The quantitative estimate of drug-likeness (QED) is 0.837. The third kappa shape index (κ3) is 4.16. The summed E-state index contributed by atoms with van der Waals surface area (Å²) in [5.74, 6) is -0.418. The van der Waals surface area contributed by atoms with Crippen molar-refractivity contribution < 1.29 is 14.7 Å². The summed E-state index contributed by atoms with van der Waals surface area (Å²) in [6.07, 6.45) is 5.96. The number of carboxylic acids is 1. The molecule has 5 nitrogen and oxygen atoms in total. The van der Waals surface area contributed by atoms with Gasteiger partial charge in [0.2, 0.25) is 5.91 Å². The molecule has 1 aliphatic rings. The molecule has 1 saturated carbocycles. The second-order valence-corrected chi connectivity index (χ2v) is 6.08. The molecule has 0 saturated heterocycles. The van der Waals surface area contributed by atoms with Gasteiger partial charge in [-0.1, -0.05) is 12.5 Å². The maximum atomic E-state index is 11.8. The van der Waals surface area contributed by atoms with Crippen molar-refractivity contribution >= 4 is 23.2 Å². The summed E-state index contributed by atoms with van der Waals surface area (Å²) in [7, 11) is 0. The average Bonchev–Trinajstić information content (AvgIpc) is 2.88. The second-order valence-electron chi connectivity index (χ2n) is 5.13. The van der Waals surface area contributed by atoms with Gasteiger partial charge in [0.25, 0.3) is 0 Å². The first kappa shape index (κ1) is 14.7. The predicted octanol–water partition coefficient (Wildman–Crippen LogP) is 2.59. The summed E-state index contributed by atoms with van der Waals surface area (Å²) >= 11 is 1.24. The highest BCUT2D eigenvalue weighted by atomic mass is 32.1. The highest BCUT2D eigenvalue weighted by Gasteiger charge is 2.13. The van der Waals surface area contributed by atoms with Crippen molar-refractivity contribution in [2.24, 2.45) is 5.92 Å². The molecule has 2 N–H and O–H groups in total. The molecule has 0 atom stereocenters. The molecular weight excluding hydrogens is 276 g/mol. The van der Waals surface area contributed by atoms with Gasteiger partial charge in [-0.05, 0) is 31.6 Å². The van der Waals surface area contributed by atoms with Crippen LogP contribution in [0.4, 0.5) is 0 Å². The zero-order valence-electron chi connectivity index (χ0n) is 11.4. The van der Waals surface area contributed by atoms with Crippen LogP contribution >= 0.6 is 11.3 Å². The Morgan fingerprint density at radius 1 is 1.50 bits per heavy atom. The number of amides is 1. The van der Waals surface area contributed by atoms with Crippen molar-refractivity contribution in [1.29, 1.82) is 0 Å². The summed E-state index contributed by atoms with van der Waals surface area (Å²) in [4.78, 5) is 26.4. The van der Waals surface area contributed by atoms with Gasteiger partial charge in [-0.2, -0.15) is 0 Å². The minimum atomic E-state index is -1.04. The van der Waals surface area contributed by atoms with Crippen LogP contribution in [0, 0.1) is 5.92 Å². The second kappa shape index (κ2) is 6.65. The van der Waals surface area contributed by atoms with Crippen LogP contribution in [0.1, 0.15) is 48.1 Å². The van der Waals surface area contributed by atoms with Crippen LogP contribution in [-0.2, 0) is 11.3 Å². The number of hydrogen-bond acceptors (Lipinski definition) is 4. The van der Waals surface area contributed by atoms with Crippen molar-refractivity contribution in [3.63, 3.8) is 0 Å². The van der Waals surface area contributed by atoms with Crippen molar-refractivity contribution in [1.82, 2.24) is 10.3 Å². The van der Waals surface area contributed by atoms with E-state index in [2.05, 4.69) is 17.2 Å². The number of carbonyl (C=O) groups excluding carboxylic acids is 1. The molecule has 0 unspecified atom stereocenters. The minimum Gasteiger partial charge on any atom is -0.476 e. The lowest BCUT2D eigenvalue weighted by molar-refractivity contribution is -0.116. The van der Waals surface area contributed by atoms with Gasteiger partial charge in [0.15, 0.2) is 5.69 Å². The van der Waals surface area contributed by atoms with Crippen molar-refractivity contribution in [3.05, 3.63) is 27.7 Å². The Balaban J connectivity index is 1.82. The predicted molar refractivity (Wildman–Crippen MR) is 76.6 cm³/mol. The molecule has 0 radical (unpaired) electrons. The SMILES string of the molecule is CC1CCC(=CC(=O)NCc2nc(C(=O)O)cs2)CC1. The molecule has 1 aromatic rings. The Morgan fingerprint density at radius 2 is 2.20 bits per heavy atom. The first-order valence-corrected chi connectivity index (χ1v) is 7.57. The lowest BCUT2D eigenvalue weighted by atomic mass is 9.87. The van der Waals surface area contributed by atoms with E-state index in [0.717, 1.165) is 31.6 Å². The van der Waals surface area contributed by atoms with Gasteiger partial charge < -0.3 is 10.4 Å². The van der Waals surface area contributed by atoms with E-state index < -0.39 is 5.97 Å². The van der Waals surface area contributed by atoms with Crippen molar-refractivity contribution in [3.8, 4) is 0 Å². The standard InChI is InChI=1S/C14H18N2O3S/c1-9-2-4-10(5-3-9)6-12(17)15-7-13-16-11(8-20-13)14(18)19/h6,8-9H,2-5,7H2,1H3,(H,15,17)(H,18,19). The fraction of sp³-hybridized carbons (Fsp3) is 0.500. The molecule has 6 heteroatoms. The summed E-state index contributed by atoms with van der Waals surface area (Å²) in [5.41, 5.74) is 1.23. The van der Waals surface area contributed by atoms with E-state index in [9.17, 15) is 9.59 Å². The van der Waals surface area contributed by atoms with Crippen LogP contribution in [0.5, 0.6) is 0 Å². The van der Waals surface area contributed by atoms with Gasteiger partial charge >= 0.3 is 5.97 Å². The Morgan fingerprint density at radius 3 is 2.80 bits per heavy atom. The number of aromatic nitrogens is 1. The van der Waals surface area contributed by atoms with E-state index in [1.54, 1.807) is 6.08 Å². The number of carbonyl (C=O) groups is 2. The van der Waals surface area contributed by atoms with Crippen LogP contribution in [0.2, 0.25) is 0 Å². The molecule has 1 heterocycles. The number of nitrogens with zero attached hydrogens (tertiary/aromatic N) is 1. The van der Waals surface area contributed by atoms with Gasteiger partial charge in [0.1, 0.15) is 5.01 Å². The van der Waals surface area contributed by atoms with Crippen LogP contribution in [0.25, 0.3) is 0 Å². The fourth-order valence-electron chi connectivity index (χ4n) is 2.17. The summed E-state index contributed by atoms with van der Waals surface area (Å²) in [6, 6.07) is 0. The third-order valence-corrected chi connectivity index (χ3v) is 4.29. The monoisotopic (exact) mass is 294 g/mol. The molecule has 1 amide bonds. The lowest BCUT2D eigenvalue weighted by Gasteiger charge is -2.19. The number of aromatic carboxylic acids is 1. The Kier molecular flexibility index (Phi) is 4.89. The summed E-state index contributed by atoms with van der Waals surface area (Å²) < 4.78 is 0. The van der Waals surface area contributed by atoms with Crippen LogP contribution in [0.15, 0.2) is 17.0 Å². The van der Waals surface area contributed by atoms with E-state index in [1.807, 2.05) is 0 Å². The highest BCUT2D eigenvalue weighted by Crippen LogP contribution is 2.27. The average molecular weight is 294 g/mol. The molecule has 0 aliphatic heterocycles. The minimum absolute atomic E-state index is 0.0267. The number of hydrogen-bond donors (Lipinski definition) is 2. The van der Waals surface area contributed by atoms with Gasteiger partial charge in [0, 0.05) is 11.5 Å². The van der Waals surface area contributed by atoms with E-state index in [1.165, 1.54) is 22.3 Å². The summed E-state index contributed by atoms with van der Waals surface area (Å²) in [6.45, 7) is 2.51. The molecule has 0 bridgehead atoms. The molecule has 1 fully saturated rings. The molecule has 108 valence electrons. The van der Waals surface area contributed by atoms with Gasteiger partial charge in [-0.25, -0.2) is 9.78 Å². The zero-order chi connectivity index (χ0) is 14.5. The molecule has 1 aliphatic carbocycles. The lowest BCUT2D eigenvalue weighted by Crippen LogP contribution is -2.21. The molecule has 0 aromatic carbocycles. The number of allylic oxidation sites excluding steroid dienone is 1. The Hall–Kier alpha value is -1.69. The van der Waals surface area contributed by atoms with E-state index in [-0.39, 0.29) is 18.1 Å².